The summed E-state index contributed by atoms with van der Waals surface area (Å²) in [5.41, 5.74) is 2.51. The van der Waals surface area contributed by atoms with Crippen molar-refractivity contribution in [3.05, 3.63) is 65.7 Å². The quantitative estimate of drug-likeness (QED) is 0.783. The highest BCUT2D eigenvalue weighted by atomic mass is 16.5. The molecule has 20 heavy (non-hydrogen) atoms. The fraction of sp³-hybridized carbons (Fsp3) is 0.235. The summed E-state index contributed by atoms with van der Waals surface area (Å²) in [7, 11) is 0. The van der Waals surface area contributed by atoms with E-state index in [4.69, 9.17) is 9.84 Å². The Hall–Kier alpha value is -2.29. The van der Waals surface area contributed by atoms with Crippen LogP contribution < -0.4 is 4.74 Å². The van der Waals surface area contributed by atoms with Crippen molar-refractivity contribution in [3.8, 4) is 5.75 Å². The first-order valence-electron chi connectivity index (χ1n) is 6.71. The molecule has 0 aliphatic carbocycles. The van der Waals surface area contributed by atoms with E-state index in [0.717, 1.165) is 12.2 Å². The Morgan fingerprint density at radius 2 is 1.60 bits per heavy atom. The molecule has 0 aliphatic rings. The van der Waals surface area contributed by atoms with Gasteiger partial charge in [0.15, 0.2) is 0 Å². The molecule has 0 heterocycles. The first-order valence-corrected chi connectivity index (χ1v) is 6.71. The molecule has 0 atom stereocenters. The van der Waals surface area contributed by atoms with Gasteiger partial charge in [-0.3, -0.25) is 4.79 Å². The van der Waals surface area contributed by atoms with Gasteiger partial charge in [0.1, 0.15) is 5.75 Å². The molecule has 2 aromatic rings. The number of carboxylic acids is 1. The third-order valence-electron chi connectivity index (χ3n) is 2.98. The van der Waals surface area contributed by atoms with E-state index in [1.165, 1.54) is 11.1 Å². The monoisotopic (exact) mass is 270 g/mol. The molecule has 0 spiro atoms. The van der Waals surface area contributed by atoms with Crippen molar-refractivity contribution >= 4 is 5.97 Å². The molecule has 1 N–H and O–H groups in total. The van der Waals surface area contributed by atoms with Gasteiger partial charge in [-0.25, -0.2) is 0 Å². The lowest BCUT2D eigenvalue weighted by Crippen LogP contribution is -2.02. The van der Waals surface area contributed by atoms with Crippen LogP contribution in [0, 0.1) is 0 Å². The van der Waals surface area contributed by atoms with Crippen LogP contribution in [-0.2, 0) is 11.2 Å². The van der Waals surface area contributed by atoms with Crippen molar-refractivity contribution in [3.63, 3.8) is 0 Å². The second-order valence-electron chi connectivity index (χ2n) is 4.65. The van der Waals surface area contributed by atoms with E-state index in [-0.39, 0.29) is 6.42 Å². The van der Waals surface area contributed by atoms with Crippen LogP contribution in [0.5, 0.6) is 5.75 Å². The van der Waals surface area contributed by atoms with Crippen LogP contribution in [0.1, 0.15) is 24.0 Å². The van der Waals surface area contributed by atoms with Gasteiger partial charge >= 0.3 is 5.97 Å². The molecule has 0 aromatic heterocycles. The molecular formula is C17H18O3. The molecular weight excluding hydrogens is 252 g/mol. The molecule has 0 amide bonds. The van der Waals surface area contributed by atoms with Crippen molar-refractivity contribution in [2.45, 2.75) is 19.3 Å². The van der Waals surface area contributed by atoms with E-state index >= 15 is 0 Å². The van der Waals surface area contributed by atoms with E-state index in [9.17, 15) is 4.79 Å². The van der Waals surface area contributed by atoms with Gasteiger partial charge in [0.05, 0.1) is 6.61 Å². The minimum atomic E-state index is -0.785. The second-order valence-corrected chi connectivity index (χ2v) is 4.65. The molecule has 0 saturated heterocycles. The van der Waals surface area contributed by atoms with Crippen LogP contribution in [-0.4, -0.2) is 17.7 Å². The second kappa shape index (κ2) is 7.34. The predicted octanol–water partition coefficient (Wildman–Crippen LogP) is 3.52. The molecule has 0 bridgehead atoms. The third-order valence-corrected chi connectivity index (χ3v) is 2.98. The maximum absolute atomic E-state index is 10.4. The summed E-state index contributed by atoms with van der Waals surface area (Å²) < 4.78 is 5.50. The molecule has 3 nitrogen and oxygen atoms in total. The maximum atomic E-state index is 10.4. The predicted molar refractivity (Wildman–Crippen MR) is 78.1 cm³/mol. The van der Waals surface area contributed by atoms with Gasteiger partial charge in [-0.05, 0) is 36.1 Å². The van der Waals surface area contributed by atoms with E-state index in [1.807, 2.05) is 42.5 Å². The Morgan fingerprint density at radius 1 is 0.950 bits per heavy atom. The number of carboxylic acid groups (broad SMARTS) is 1. The number of hydrogen-bond donors (Lipinski definition) is 1. The summed E-state index contributed by atoms with van der Waals surface area (Å²) in [4.78, 5) is 10.4. The zero-order valence-corrected chi connectivity index (χ0v) is 11.3. The van der Waals surface area contributed by atoms with Crippen molar-refractivity contribution in [1.82, 2.24) is 0 Å². The Morgan fingerprint density at radius 3 is 2.25 bits per heavy atom. The zero-order chi connectivity index (χ0) is 14.2. The SMILES string of the molecule is O=C(O)CCCOc1ccc(Cc2ccccc2)cc1. The molecule has 104 valence electrons. The van der Waals surface area contributed by atoms with Crippen molar-refractivity contribution < 1.29 is 14.6 Å². The molecule has 0 fully saturated rings. The number of hydrogen-bond acceptors (Lipinski definition) is 2. The van der Waals surface area contributed by atoms with Gasteiger partial charge in [-0.15, -0.1) is 0 Å². The summed E-state index contributed by atoms with van der Waals surface area (Å²) in [5.74, 6) is -0.000917. The number of benzene rings is 2. The molecule has 2 rings (SSSR count). The van der Waals surface area contributed by atoms with Gasteiger partial charge in [0.2, 0.25) is 0 Å². The van der Waals surface area contributed by atoms with Crippen LogP contribution in [0.25, 0.3) is 0 Å². The van der Waals surface area contributed by atoms with Crippen LogP contribution in [0.15, 0.2) is 54.6 Å². The van der Waals surface area contributed by atoms with E-state index in [0.29, 0.717) is 13.0 Å². The first-order chi connectivity index (χ1) is 9.74. The molecule has 0 unspecified atom stereocenters. The smallest absolute Gasteiger partial charge is 0.303 e. The average Bonchev–Trinajstić information content (AvgIpc) is 2.46. The highest BCUT2D eigenvalue weighted by molar-refractivity contribution is 5.66. The van der Waals surface area contributed by atoms with Gasteiger partial charge < -0.3 is 9.84 Å². The fourth-order valence-corrected chi connectivity index (χ4v) is 1.95. The summed E-state index contributed by atoms with van der Waals surface area (Å²) in [6.07, 6.45) is 1.58. The summed E-state index contributed by atoms with van der Waals surface area (Å²) in [5, 5.41) is 8.53. The lowest BCUT2D eigenvalue weighted by atomic mass is 10.1. The van der Waals surface area contributed by atoms with Gasteiger partial charge in [-0.1, -0.05) is 42.5 Å². The highest BCUT2D eigenvalue weighted by Crippen LogP contribution is 2.15. The standard InChI is InChI=1S/C17H18O3/c18-17(19)7-4-12-20-16-10-8-15(9-11-16)13-14-5-2-1-3-6-14/h1-3,5-6,8-11H,4,7,12-13H2,(H,18,19). The fourth-order valence-electron chi connectivity index (χ4n) is 1.95. The van der Waals surface area contributed by atoms with Crippen LogP contribution >= 0.6 is 0 Å². The van der Waals surface area contributed by atoms with Crippen LogP contribution in [0.3, 0.4) is 0 Å². The normalized spacial score (nSPS) is 10.2. The highest BCUT2D eigenvalue weighted by Gasteiger charge is 1.99. The van der Waals surface area contributed by atoms with Crippen molar-refractivity contribution in [2.75, 3.05) is 6.61 Å². The summed E-state index contributed by atoms with van der Waals surface area (Å²) in [6.45, 7) is 0.435. The lowest BCUT2D eigenvalue weighted by molar-refractivity contribution is -0.137. The topological polar surface area (TPSA) is 46.5 Å². The van der Waals surface area contributed by atoms with E-state index < -0.39 is 5.97 Å². The van der Waals surface area contributed by atoms with Gasteiger partial charge in [0.25, 0.3) is 0 Å². The zero-order valence-electron chi connectivity index (χ0n) is 11.3. The summed E-state index contributed by atoms with van der Waals surface area (Å²) >= 11 is 0. The lowest BCUT2D eigenvalue weighted by Gasteiger charge is -2.07. The minimum absolute atomic E-state index is 0.145. The van der Waals surface area contributed by atoms with Crippen LogP contribution in [0.2, 0.25) is 0 Å². The number of ether oxygens (including phenoxy) is 1. The Labute approximate surface area is 118 Å². The number of aliphatic carboxylic acids is 1. The number of carbonyl (C=O) groups is 1. The van der Waals surface area contributed by atoms with Crippen molar-refractivity contribution in [1.29, 1.82) is 0 Å². The first kappa shape index (κ1) is 14.1. The molecule has 2 aromatic carbocycles. The Kier molecular flexibility index (Phi) is 5.18. The molecule has 3 heteroatoms. The maximum Gasteiger partial charge on any atom is 0.303 e. The van der Waals surface area contributed by atoms with Crippen LogP contribution in [0.4, 0.5) is 0 Å². The van der Waals surface area contributed by atoms with Gasteiger partial charge in [-0.2, -0.15) is 0 Å². The molecule has 0 radical (unpaired) electrons. The number of rotatable bonds is 7. The van der Waals surface area contributed by atoms with Gasteiger partial charge in [0, 0.05) is 6.42 Å². The molecule has 0 aliphatic heterocycles. The summed E-state index contributed by atoms with van der Waals surface area (Å²) in [6, 6.07) is 18.2. The Bertz CT molecular complexity index is 532. The third kappa shape index (κ3) is 4.76. The van der Waals surface area contributed by atoms with E-state index in [1.54, 1.807) is 0 Å². The van der Waals surface area contributed by atoms with Crippen molar-refractivity contribution in [2.24, 2.45) is 0 Å². The Balaban J connectivity index is 1.82. The van der Waals surface area contributed by atoms with E-state index in [2.05, 4.69) is 12.1 Å². The largest absolute Gasteiger partial charge is 0.494 e. The minimum Gasteiger partial charge on any atom is -0.494 e. The average molecular weight is 270 g/mol. The molecule has 0 saturated carbocycles.